The molecule has 0 N–H and O–H groups in total. The second kappa shape index (κ2) is 10.4. The Labute approximate surface area is 261 Å². The van der Waals surface area contributed by atoms with Gasteiger partial charge in [0.25, 0.3) is 0 Å². The molecule has 0 spiro atoms. The molecule has 0 unspecified atom stereocenters. The molecule has 0 amide bonds. The van der Waals surface area contributed by atoms with Crippen molar-refractivity contribution in [2.24, 2.45) is 0 Å². The van der Waals surface area contributed by atoms with Crippen LogP contribution in [-0.4, -0.2) is 0 Å². The quantitative estimate of drug-likeness (QED) is 0.191. The van der Waals surface area contributed by atoms with E-state index < -0.39 is 0 Å². The zero-order valence-corrected chi connectivity index (χ0v) is 24.6. The highest BCUT2D eigenvalue weighted by Crippen LogP contribution is 2.48. The number of fused-ring (bicyclic) bond motifs is 5. The molecule has 0 aliphatic rings. The number of hydrogen-bond acceptors (Lipinski definition) is 1. The first-order valence-corrected chi connectivity index (χ1v) is 15.4. The maximum Gasteiger partial charge on any atom is 0.136 e. The van der Waals surface area contributed by atoms with Crippen LogP contribution in [0.25, 0.3) is 88.0 Å². The summed E-state index contributed by atoms with van der Waals surface area (Å²) >= 11 is 0. The van der Waals surface area contributed by atoms with E-state index in [1.54, 1.807) is 0 Å². The van der Waals surface area contributed by atoms with Gasteiger partial charge in [-0.15, -0.1) is 0 Å². The Bertz CT molecular complexity index is 2450. The summed E-state index contributed by atoms with van der Waals surface area (Å²) in [4.78, 5) is 0. The average Bonchev–Trinajstić information content (AvgIpc) is 3.48. The van der Waals surface area contributed by atoms with Crippen molar-refractivity contribution in [3.05, 3.63) is 170 Å². The van der Waals surface area contributed by atoms with Gasteiger partial charge in [0.15, 0.2) is 0 Å². The van der Waals surface area contributed by atoms with Gasteiger partial charge >= 0.3 is 0 Å². The number of hydrogen-bond donors (Lipinski definition) is 0. The third-order valence-electron chi connectivity index (χ3n) is 9.08. The zero-order chi connectivity index (χ0) is 29.7. The van der Waals surface area contributed by atoms with Crippen molar-refractivity contribution >= 4 is 43.5 Å². The van der Waals surface area contributed by atoms with Gasteiger partial charge in [0.2, 0.25) is 0 Å². The van der Waals surface area contributed by atoms with Gasteiger partial charge in [0.1, 0.15) is 11.2 Å². The summed E-state index contributed by atoms with van der Waals surface area (Å²) in [6.45, 7) is 0. The van der Waals surface area contributed by atoms with Gasteiger partial charge in [-0.05, 0) is 84.3 Å². The van der Waals surface area contributed by atoms with Crippen LogP contribution in [0.3, 0.4) is 0 Å². The third kappa shape index (κ3) is 4.17. The van der Waals surface area contributed by atoms with Crippen molar-refractivity contribution in [1.29, 1.82) is 0 Å². The van der Waals surface area contributed by atoms with Crippen LogP contribution in [0.4, 0.5) is 0 Å². The molecule has 9 aromatic rings. The Kier molecular flexibility index (Phi) is 5.89. The molecule has 45 heavy (non-hydrogen) atoms. The molecule has 1 heteroatoms. The molecule has 9 rings (SSSR count). The highest BCUT2D eigenvalue weighted by atomic mass is 16.3. The average molecular weight is 573 g/mol. The fourth-order valence-electron chi connectivity index (χ4n) is 7.02. The zero-order valence-electron chi connectivity index (χ0n) is 24.6. The minimum atomic E-state index is 0.905. The summed E-state index contributed by atoms with van der Waals surface area (Å²) < 4.78 is 6.40. The van der Waals surface area contributed by atoms with Crippen LogP contribution in [0.5, 0.6) is 0 Å². The summed E-state index contributed by atoms with van der Waals surface area (Å²) in [5.74, 6) is 0. The van der Waals surface area contributed by atoms with Crippen LogP contribution < -0.4 is 0 Å². The molecule has 0 saturated carbocycles. The molecule has 0 aliphatic carbocycles. The lowest BCUT2D eigenvalue weighted by Crippen LogP contribution is -1.93. The molecular weight excluding hydrogens is 544 g/mol. The maximum absolute atomic E-state index is 6.40. The van der Waals surface area contributed by atoms with Gasteiger partial charge in [0, 0.05) is 10.8 Å². The monoisotopic (exact) mass is 572 g/mol. The molecule has 8 aromatic carbocycles. The fourth-order valence-corrected chi connectivity index (χ4v) is 7.02. The Hall–Kier alpha value is -5.92. The first-order valence-electron chi connectivity index (χ1n) is 15.4. The number of rotatable bonds is 4. The topological polar surface area (TPSA) is 13.1 Å². The highest BCUT2D eigenvalue weighted by Gasteiger charge is 2.21. The Morgan fingerprint density at radius 2 is 0.733 bits per heavy atom. The van der Waals surface area contributed by atoms with E-state index in [0.29, 0.717) is 0 Å². The predicted molar refractivity (Wildman–Crippen MR) is 190 cm³/mol. The van der Waals surface area contributed by atoms with Crippen molar-refractivity contribution < 1.29 is 4.42 Å². The normalized spacial score (nSPS) is 11.6. The van der Waals surface area contributed by atoms with E-state index in [1.165, 1.54) is 60.5 Å². The van der Waals surface area contributed by atoms with Crippen LogP contribution in [0, 0.1) is 0 Å². The summed E-state index contributed by atoms with van der Waals surface area (Å²) in [5, 5.41) is 7.24. The van der Waals surface area contributed by atoms with Crippen LogP contribution in [-0.2, 0) is 0 Å². The van der Waals surface area contributed by atoms with Crippen LogP contribution in [0.1, 0.15) is 0 Å². The third-order valence-corrected chi connectivity index (χ3v) is 9.08. The molecule has 1 heterocycles. The molecule has 0 fully saturated rings. The minimum Gasteiger partial charge on any atom is -0.456 e. The van der Waals surface area contributed by atoms with E-state index in [0.717, 1.165) is 27.5 Å². The van der Waals surface area contributed by atoms with Gasteiger partial charge in [-0.1, -0.05) is 152 Å². The first-order chi connectivity index (χ1) is 22.3. The second-order valence-corrected chi connectivity index (χ2v) is 11.6. The van der Waals surface area contributed by atoms with E-state index >= 15 is 0 Å². The van der Waals surface area contributed by atoms with Gasteiger partial charge in [-0.2, -0.15) is 0 Å². The van der Waals surface area contributed by atoms with E-state index in [-0.39, 0.29) is 0 Å². The Balaban J connectivity index is 1.37. The van der Waals surface area contributed by atoms with E-state index in [2.05, 4.69) is 164 Å². The Morgan fingerprint density at radius 1 is 0.267 bits per heavy atom. The second-order valence-electron chi connectivity index (χ2n) is 11.6. The lowest BCUT2D eigenvalue weighted by Gasteiger charge is -2.20. The lowest BCUT2D eigenvalue weighted by atomic mass is 9.83. The SMILES string of the molecule is c1ccc(-c2ccc(-c3c4ccccc4c(-c4cc5c(cc4-c4ccccc4)oc4ccccc45)c4ccccc34)cc2)cc1. The Morgan fingerprint density at radius 3 is 1.36 bits per heavy atom. The largest absolute Gasteiger partial charge is 0.456 e. The maximum atomic E-state index is 6.40. The molecule has 0 radical (unpaired) electrons. The van der Waals surface area contributed by atoms with E-state index in [9.17, 15) is 0 Å². The summed E-state index contributed by atoms with van der Waals surface area (Å²) in [6.07, 6.45) is 0. The highest BCUT2D eigenvalue weighted by molar-refractivity contribution is 6.23. The van der Waals surface area contributed by atoms with Gasteiger partial charge in [0.05, 0.1) is 0 Å². The predicted octanol–water partition coefficient (Wildman–Crippen LogP) is 12.6. The smallest absolute Gasteiger partial charge is 0.136 e. The van der Waals surface area contributed by atoms with Gasteiger partial charge in [-0.3, -0.25) is 0 Å². The molecule has 1 aromatic heterocycles. The van der Waals surface area contributed by atoms with Crippen molar-refractivity contribution in [3.8, 4) is 44.5 Å². The molecule has 210 valence electrons. The van der Waals surface area contributed by atoms with E-state index in [1.807, 2.05) is 6.07 Å². The molecule has 0 atom stereocenters. The summed E-state index contributed by atoms with van der Waals surface area (Å²) in [5.41, 5.74) is 11.5. The summed E-state index contributed by atoms with van der Waals surface area (Å²) in [6, 6.07) is 61.0. The van der Waals surface area contributed by atoms with Crippen molar-refractivity contribution in [2.45, 2.75) is 0 Å². The van der Waals surface area contributed by atoms with Crippen LogP contribution in [0.2, 0.25) is 0 Å². The summed E-state index contributed by atoms with van der Waals surface area (Å²) in [7, 11) is 0. The van der Waals surface area contributed by atoms with E-state index in [4.69, 9.17) is 4.42 Å². The molecule has 0 bridgehead atoms. The first kappa shape index (κ1) is 25.6. The standard InChI is InChI=1S/C44H28O/c1-3-13-29(14-4-1)30-23-25-32(26-24-30)43-34-18-7-9-20-36(34)44(37-21-10-8-19-35(37)43)40-27-39-33-17-11-12-22-41(33)45-42(39)28-38(40)31-15-5-2-6-16-31/h1-28H. The van der Waals surface area contributed by atoms with Crippen molar-refractivity contribution in [2.75, 3.05) is 0 Å². The molecule has 0 aliphatic heterocycles. The molecular formula is C44H28O. The minimum absolute atomic E-state index is 0.905. The molecule has 0 saturated heterocycles. The van der Waals surface area contributed by atoms with Gasteiger partial charge < -0.3 is 4.42 Å². The fraction of sp³-hybridized carbons (Fsp3) is 0. The number of benzene rings is 8. The van der Waals surface area contributed by atoms with Gasteiger partial charge in [-0.25, -0.2) is 0 Å². The van der Waals surface area contributed by atoms with Crippen LogP contribution in [0.15, 0.2) is 174 Å². The van der Waals surface area contributed by atoms with Crippen molar-refractivity contribution in [3.63, 3.8) is 0 Å². The number of para-hydroxylation sites is 1. The molecule has 1 nitrogen and oxygen atoms in total. The van der Waals surface area contributed by atoms with Crippen molar-refractivity contribution in [1.82, 2.24) is 0 Å². The lowest BCUT2D eigenvalue weighted by molar-refractivity contribution is 0.669. The number of furan rings is 1. The van der Waals surface area contributed by atoms with Crippen LogP contribution >= 0.6 is 0 Å².